The summed E-state index contributed by atoms with van der Waals surface area (Å²) in [5.74, 6) is -0.257. The van der Waals surface area contributed by atoms with Crippen molar-refractivity contribution in [3.8, 4) is 22.5 Å². The number of anilines is 1. The summed E-state index contributed by atoms with van der Waals surface area (Å²) >= 11 is 0. The first kappa shape index (κ1) is 16.7. The first-order valence-corrected chi connectivity index (χ1v) is 9.27. The smallest absolute Gasteiger partial charge is 0.158 e. The van der Waals surface area contributed by atoms with Crippen LogP contribution in [0.5, 0.6) is 0 Å². The van der Waals surface area contributed by atoms with Crippen LogP contribution in [0.2, 0.25) is 0 Å². The Balaban J connectivity index is 1.54. The SMILES string of the molecule is Nc1cc(-c2c[nH]c3ccc(F)cc23)nc2cc(-c3c[nH]c4ccc(F)cc34)nn12. The molecule has 146 valence electrons. The molecule has 0 saturated heterocycles. The van der Waals surface area contributed by atoms with Gasteiger partial charge in [-0.3, -0.25) is 0 Å². The Bertz CT molecular complexity index is 1590. The normalized spacial score (nSPS) is 11.8. The Hall–Kier alpha value is -4.20. The lowest BCUT2D eigenvalue weighted by Gasteiger charge is -2.03. The number of fused-ring (bicyclic) bond motifs is 3. The molecule has 0 amide bonds. The maximum Gasteiger partial charge on any atom is 0.158 e. The molecule has 0 atom stereocenters. The number of benzene rings is 2. The third-order valence-corrected chi connectivity index (χ3v) is 5.29. The van der Waals surface area contributed by atoms with Gasteiger partial charge in [0.2, 0.25) is 0 Å². The lowest BCUT2D eigenvalue weighted by Crippen LogP contribution is -2.01. The van der Waals surface area contributed by atoms with Crippen LogP contribution in [0.15, 0.2) is 60.9 Å². The van der Waals surface area contributed by atoms with E-state index in [9.17, 15) is 8.78 Å². The number of nitrogens with one attached hydrogen (secondary N) is 2. The van der Waals surface area contributed by atoms with Gasteiger partial charge in [0.1, 0.15) is 17.5 Å². The highest BCUT2D eigenvalue weighted by atomic mass is 19.1. The molecule has 4 aromatic heterocycles. The van der Waals surface area contributed by atoms with E-state index in [1.807, 2.05) is 0 Å². The van der Waals surface area contributed by atoms with Gasteiger partial charge in [0.25, 0.3) is 0 Å². The molecule has 6 nitrogen and oxygen atoms in total. The van der Waals surface area contributed by atoms with Gasteiger partial charge in [-0.2, -0.15) is 9.61 Å². The fourth-order valence-electron chi connectivity index (χ4n) is 3.88. The molecule has 0 aliphatic heterocycles. The summed E-state index contributed by atoms with van der Waals surface area (Å²) in [5.41, 5.74) is 11.1. The second kappa shape index (κ2) is 5.90. The molecule has 4 heterocycles. The number of nitrogen functional groups attached to an aromatic ring is 1. The third-order valence-electron chi connectivity index (χ3n) is 5.29. The Morgan fingerprint density at radius 3 is 2.00 bits per heavy atom. The summed E-state index contributed by atoms with van der Waals surface area (Å²) < 4.78 is 29.0. The molecule has 0 radical (unpaired) electrons. The van der Waals surface area contributed by atoms with Crippen LogP contribution in [-0.4, -0.2) is 24.6 Å². The number of aromatic amines is 2. The molecular weight excluding hydrogens is 386 g/mol. The molecule has 2 aromatic carbocycles. The monoisotopic (exact) mass is 400 g/mol. The van der Waals surface area contributed by atoms with Gasteiger partial charge in [0.15, 0.2) is 5.65 Å². The number of nitrogens with zero attached hydrogens (tertiary/aromatic N) is 3. The number of nitrogens with two attached hydrogens (primary N) is 1. The van der Waals surface area contributed by atoms with Gasteiger partial charge in [-0.25, -0.2) is 13.8 Å². The largest absolute Gasteiger partial charge is 0.384 e. The van der Waals surface area contributed by atoms with Gasteiger partial charge in [-0.1, -0.05) is 0 Å². The highest BCUT2D eigenvalue weighted by Gasteiger charge is 2.15. The topological polar surface area (TPSA) is 87.8 Å². The number of rotatable bonds is 2. The Morgan fingerprint density at radius 1 is 0.767 bits per heavy atom. The summed E-state index contributed by atoms with van der Waals surface area (Å²) in [6, 6.07) is 12.6. The average Bonchev–Trinajstić information content (AvgIpc) is 3.43. The fourth-order valence-corrected chi connectivity index (χ4v) is 3.88. The third kappa shape index (κ3) is 2.40. The van der Waals surface area contributed by atoms with Crippen LogP contribution >= 0.6 is 0 Å². The second-order valence-electron chi connectivity index (χ2n) is 7.15. The lowest BCUT2D eigenvalue weighted by molar-refractivity contribution is 0.629. The molecule has 6 aromatic rings. The molecule has 0 spiro atoms. The van der Waals surface area contributed by atoms with E-state index in [-0.39, 0.29) is 11.6 Å². The number of halogens is 2. The quantitative estimate of drug-likeness (QED) is 0.387. The van der Waals surface area contributed by atoms with Crippen molar-refractivity contribution in [2.45, 2.75) is 0 Å². The number of aromatic nitrogens is 5. The van der Waals surface area contributed by atoms with Crippen molar-refractivity contribution >= 4 is 33.3 Å². The molecule has 8 heteroatoms. The van der Waals surface area contributed by atoms with Crippen molar-refractivity contribution in [1.29, 1.82) is 0 Å². The minimum absolute atomic E-state index is 0.321. The predicted octanol–water partition coefficient (Wildman–Crippen LogP) is 4.89. The Labute approximate surface area is 168 Å². The van der Waals surface area contributed by atoms with Crippen LogP contribution in [0.25, 0.3) is 50.0 Å². The lowest BCUT2D eigenvalue weighted by atomic mass is 10.1. The molecule has 0 aliphatic rings. The second-order valence-corrected chi connectivity index (χ2v) is 7.15. The zero-order valence-corrected chi connectivity index (χ0v) is 15.4. The molecule has 4 N–H and O–H groups in total. The molecule has 0 unspecified atom stereocenters. The van der Waals surface area contributed by atoms with Crippen molar-refractivity contribution in [2.75, 3.05) is 5.73 Å². The van der Waals surface area contributed by atoms with Crippen LogP contribution < -0.4 is 5.73 Å². The molecule has 6 rings (SSSR count). The van der Waals surface area contributed by atoms with Gasteiger partial charge >= 0.3 is 0 Å². The summed E-state index contributed by atoms with van der Waals surface area (Å²) in [4.78, 5) is 10.9. The van der Waals surface area contributed by atoms with Crippen LogP contribution in [0.3, 0.4) is 0 Å². The number of H-pyrrole nitrogens is 2. The first-order valence-electron chi connectivity index (χ1n) is 9.27. The molecule has 0 fully saturated rings. The van der Waals surface area contributed by atoms with Crippen LogP contribution in [0.4, 0.5) is 14.6 Å². The molecule has 0 saturated carbocycles. The fraction of sp³-hybridized carbons (Fsp3) is 0. The van der Waals surface area contributed by atoms with E-state index in [0.29, 0.717) is 22.9 Å². The van der Waals surface area contributed by atoms with E-state index in [0.717, 1.165) is 32.9 Å². The Morgan fingerprint density at radius 2 is 1.37 bits per heavy atom. The summed E-state index contributed by atoms with van der Waals surface area (Å²) in [5, 5.41) is 6.00. The average molecular weight is 400 g/mol. The maximum atomic E-state index is 13.8. The van der Waals surface area contributed by atoms with E-state index in [1.54, 1.807) is 36.7 Å². The van der Waals surface area contributed by atoms with Crippen molar-refractivity contribution in [3.05, 3.63) is 72.6 Å². The zero-order valence-electron chi connectivity index (χ0n) is 15.4. The minimum atomic E-state index is -0.324. The maximum absolute atomic E-state index is 13.8. The predicted molar refractivity (Wildman–Crippen MR) is 112 cm³/mol. The van der Waals surface area contributed by atoms with Crippen molar-refractivity contribution in [1.82, 2.24) is 24.6 Å². The molecular formula is C22H14F2N6. The van der Waals surface area contributed by atoms with E-state index in [4.69, 9.17) is 5.73 Å². The standard InChI is InChI=1S/C22H14F2N6/c23-11-1-3-17-13(5-11)15(9-26-17)19-7-21(25)30-22(28-19)8-20(29-30)16-10-27-18-4-2-12(24)6-14(16)18/h1-10,26-27H,25H2. The first-order chi connectivity index (χ1) is 14.6. The van der Waals surface area contributed by atoms with Crippen molar-refractivity contribution < 1.29 is 8.78 Å². The van der Waals surface area contributed by atoms with Gasteiger partial charge in [-0.15, -0.1) is 0 Å². The highest BCUT2D eigenvalue weighted by Crippen LogP contribution is 2.32. The Kier molecular flexibility index (Phi) is 3.29. The van der Waals surface area contributed by atoms with E-state index in [2.05, 4.69) is 20.1 Å². The van der Waals surface area contributed by atoms with E-state index in [1.165, 1.54) is 28.8 Å². The van der Waals surface area contributed by atoms with E-state index < -0.39 is 0 Å². The summed E-state index contributed by atoms with van der Waals surface area (Å²) in [6.07, 6.45) is 3.56. The van der Waals surface area contributed by atoms with Gasteiger partial charge in [0, 0.05) is 57.5 Å². The van der Waals surface area contributed by atoms with Gasteiger partial charge in [-0.05, 0) is 36.4 Å². The molecule has 0 aliphatic carbocycles. The van der Waals surface area contributed by atoms with E-state index >= 15 is 0 Å². The van der Waals surface area contributed by atoms with Crippen LogP contribution in [0.1, 0.15) is 0 Å². The van der Waals surface area contributed by atoms with Gasteiger partial charge in [0.05, 0.1) is 11.4 Å². The zero-order chi connectivity index (χ0) is 20.4. The number of hydrogen-bond acceptors (Lipinski definition) is 3. The number of hydrogen-bond donors (Lipinski definition) is 3. The van der Waals surface area contributed by atoms with Crippen molar-refractivity contribution in [3.63, 3.8) is 0 Å². The highest BCUT2D eigenvalue weighted by molar-refractivity contribution is 5.96. The van der Waals surface area contributed by atoms with Crippen LogP contribution in [0, 0.1) is 11.6 Å². The minimum Gasteiger partial charge on any atom is -0.384 e. The van der Waals surface area contributed by atoms with Crippen molar-refractivity contribution in [2.24, 2.45) is 0 Å². The summed E-state index contributed by atoms with van der Waals surface area (Å²) in [7, 11) is 0. The molecule has 0 bridgehead atoms. The molecule has 30 heavy (non-hydrogen) atoms. The van der Waals surface area contributed by atoms with Crippen LogP contribution in [-0.2, 0) is 0 Å². The van der Waals surface area contributed by atoms with Gasteiger partial charge < -0.3 is 15.7 Å². The summed E-state index contributed by atoms with van der Waals surface area (Å²) in [6.45, 7) is 0.